The zero-order valence-corrected chi connectivity index (χ0v) is 13.3. The maximum atomic E-state index is 12.4. The Bertz CT molecular complexity index is 717. The number of methoxy groups -OCH3 is 2. The van der Waals surface area contributed by atoms with E-state index in [-0.39, 0.29) is 29.1 Å². The van der Waals surface area contributed by atoms with E-state index >= 15 is 0 Å². The summed E-state index contributed by atoms with van der Waals surface area (Å²) in [5.74, 6) is -0.955. The van der Waals surface area contributed by atoms with Crippen LogP contribution >= 0.6 is 12.2 Å². The van der Waals surface area contributed by atoms with Gasteiger partial charge in [-0.1, -0.05) is 6.08 Å². The van der Waals surface area contributed by atoms with Gasteiger partial charge in [-0.2, -0.15) is 4.98 Å². The first-order valence-electron chi connectivity index (χ1n) is 6.46. The molecular formula is C14H14N4O4S. The number of rotatable bonds is 5. The predicted octanol–water partition coefficient (Wildman–Crippen LogP) is 0.306. The van der Waals surface area contributed by atoms with Gasteiger partial charge < -0.3 is 9.47 Å². The molecule has 2 rings (SSSR count). The average Bonchev–Trinajstić information content (AvgIpc) is 2.55. The molecule has 0 unspecified atom stereocenters. The van der Waals surface area contributed by atoms with Gasteiger partial charge in [0.1, 0.15) is 5.57 Å². The van der Waals surface area contributed by atoms with E-state index < -0.39 is 11.8 Å². The number of hydrogen-bond donors (Lipinski definition) is 1. The molecule has 2 amide bonds. The summed E-state index contributed by atoms with van der Waals surface area (Å²) in [7, 11) is 2.82. The highest BCUT2D eigenvalue weighted by Crippen LogP contribution is 2.22. The molecule has 1 fully saturated rings. The summed E-state index contributed by atoms with van der Waals surface area (Å²) in [6.07, 6.45) is 4.24. The first-order valence-corrected chi connectivity index (χ1v) is 6.87. The highest BCUT2D eigenvalue weighted by molar-refractivity contribution is 7.80. The Hall–Kier alpha value is -2.81. The number of hydrogen-bond acceptors (Lipinski definition) is 7. The Morgan fingerprint density at radius 2 is 2.13 bits per heavy atom. The summed E-state index contributed by atoms with van der Waals surface area (Å²) in [4.78, 5) is 33.6. The molecule has 0 bridgehead atoms. The Balaban J connectivity index is 2.44. The van der Waals surface area contributed by atoms with Gasteiger partial charge in [0.25, 0.3) is 11.8 Å². The molecule has 1 aliphatic heterocycles. The van der Waals surface area contributed by atoms with Crippen LogP contribution in [0.15, 0.2) is 24.4 Å². The fourth-order valence-corrected chi connectivity index (χ4v) is 2.12. The van der Waals surface area contributed by atoms with Crippen LogP contribution in [0.2, 0.25) is 0 Å². The molecule has 1 aromatic heterocycles. The molecule has 2 heterocycles. The lowest BCUT2D eigenvalue weighted by molar-refractivity contribution is -0.128. The van der Waals surface area contributed by atoms with Crippen molar-refractivity contribution in [3.05, 3.63) is 30.0 Å². The lowest BCUT2D eigenvalue weighted by Crippen LogP contribution is -2.53. The number of carbonyl (C=O) groups excluding carboxylic acids is 2. The van der Waals surface area contributed by atoms with E-state index in [0.29, 0.717) is 5.56 Å². The maximum absolute atomic E-state index is 12.4. The van der Waals surface area contributed by atoms with Crippen molar-refractivity contribution in [2.24, 2.45) is 0 Å². The summed E-state index contributed by atoms with van der Waals surface area (Å²) in [5, 5.41) is 2.49. The first-order chi connectivity index (χ1) is 11.0. The number of nitrogens with one attached hydrogen (secondary N) is 1. The number of carbonyl (C=O) groups is 2. The van der Waals surface area contributed by atoms with Gasteiger partial charge in [0.15, 0.2) is 5.11 Å². The van der Waals surface area contributed by atoms with Gasteiger partial charge in [0.2, 0.25) is 5.88 Å². The number of aromatic nitrogens is 2. The van der Waals surface area contributed by atoms with Gasteiger partial charge >= 0.3 is 6.01 Å². The van der Waals surface area contributed by atoms with Crippen molar-refractivity contribution in [1.82, 2.24) is 20.2 Å². The van der Waals surface area contributed by atoms with Gasteiger partial charge in [-0.25, -0.2) is 4.98 Å². The highest BCUT2D eigenvalue weighted by Gasteiger charge is 2.32. The molecule has 1 aromatic rings. The van der Waals surface area contributed by atoms with Crippen LogP contribution in [0.3, 0.4) is 0 Å². The zero-order valence-electron chi connectivity index (χ0n) is 12.5. The summed E-state index contributed by atoms with van der Waals surface area (Å²) in [6, 6.07) is 0.109. The molecular weight excluding hydrogens is 320 g/mol. The van der Waals surface area contributed by atoms with Crippen LogP contribution in [-0.4, -0.2) is 52.6 Å². The minimum atomic E-state index is -0.599. The Labute approximate surface area is 137 Å². The van der Waals surface area contributed by atoms with Crippen LogP contribution in [0, 0.1) is 0 Å². The van der Waals surface area contributed by atoms with E-state index in [0.717, 1.165) is 0 Å². The number of thiocarbonyl (C=S) groups is 1. The summed E-state index contributed by atoms with van der Waals surface area (Å²) >= 11 is 4.98. The van der Waals surface area contributed by atoms with E-state index in [9.17, 15) is 9.59 Å². The second-order valence-electron chi connectivity index (χ2n) is 4.34. The highest BCUT2D eigenvalue weighted by atomic mass is 32.1. The molecule has 1 N–H and O–H groups in total. The van der Waals surface area contributed by atoms with E-state index in [1.165, 1.54) is 37.5 Å². The lowest BCUT2D eigenvalue weighted by Gasteiger charge is -2.27. The molecule has 1 saturated heterocycles. The van der Waals surface area contributed by atoms with Crippen LogP contribution in [0.25, 0.3) is 6.08 Å². The van der Waals surface area contributed by atoms with Crippen LogP contribution in [0.1, 0.15) is 5.56 Å². The van der Waals surface area contributed by atoms with Crippen molar-refractivity contribution in [3.63, 3.8) is 0 Å². The van der Waals surface area contributed by atoms with Crippen LogP contribution in [0.4, 0.5) is 0 Å². The third kappa shape index (κ3) is 3.34. The second kappa shape index (κ2) is 6.97. The van der Waals surface area contributed by atoms with Crippen LogP contribution < -0.4 is 14.8 Å². The number of amides is 2. The lowest BCUT2D eigenvalue weighted by atomic mass is 10.1. The second-order valence-corrected chi connectivity index (χ2v) is 4.73. The Morgan fingerprint density at radius 3 is 2.74 bits per heavy atom. The largest absolute Gasteiger partial charge is 0.480 e. The van der Waals surface area contributed by atoms with Crippen molar-refractivity contribution < 1.29 is 19.1 Å². The Morgan fingerprint density at radius 1 is 1.39 bits per heavy atom. The monoisotopic (exact) mass is 334 g/mol. The number of nitrogens with zero attached hydrogens (tertiary/aromatic N) is 3. The van der Waals surface area contributed by atoms with E-state index in [2.05, 4.69) is 21.9 Å². The molecule has 0 aliphatic carbocycles. The average molecular weight is 334 g/mol. The van der Waals surface area contributed by atoms with Crippen molar-refractivity contribution in [2.45, 2.75) is 0 Å². The minimum Gasteiger partial charge on any atom is -0.480 e. The van der Waals surface area contributed by atoms with Gasteiger partial charge in [-0.15, -0.1) is 6.58 Å². The molecule has 23 heavy (non-hydrogen) atoms. The van der Waals surface area contributed by atoms with Crippen LogP contribution in [0.5, 0.6) is 11.9 Å². The van der Waals surface area contributed by atoms with Gasteiger partial charge in [-0.3, -0.25) is 19.8 Å². The van der Waals surface area contributed by atoms with E-state index in [1.54, 1.807) is 0 Å². The molecule has 8 nitrogen and oxygen atoms in total. The molecule has 9 heteroatoms. The molecule has 0 radical (unpaired) electrons. The minimum absolute atomic E-state index is 0.0370. The van der Waals surface area contributed by atoms with Crippen molar-refractivity contribution in [1.29, 1.82) is 0 Å². The number of ether oxygens (including phenoxy) is 2. The predicted molar refractivity (Wildman–Crippen MR) is 85.8 cm³/mol. The molecule has 0 spiro atoms. The summed E-state index contributed by atoms with van der Waals surface area (Å²) < 4.78 is 10.0. The van der Waals surface area contributed by atoms with Gasteiger partial charge in [-0.05, 0) is 18.3 Å². The first kappa shape index (κ1) is 16.6. The standard InChI is InChI=1S/C14H14N4O4S/c1-4-5-18-12(20)9(10(19)16-14(18)23)6-8-7-15-13(22-3)17-11(8)21-2/h4,6-7H,1,5H2,2-3H3,(H,16,19,23). The quantitative estimate of drug-likeness (QED) is 0.358. The summed E-state index contributed by atoms with van der Waals surface area (Å²) in [5.41, 5.74) is 0.255. The topological polar surface area (TPSA) is 93.7 Å². The fourth-order valence-electron chi connectivity index (χ4n) is 1.87. The fraction of sp³-hybridized carbons (Fsp3) is 0.214. The van der Waals surface area contributed by atoms with E-state index in [4.69, 9.17) is 21.7 Å². The molecule has 1 aliphatic rings. The molecule has 0 atom stereocenters. The zero-order chi connectivity index (χ0) is 17.0. The van der Waals surface area contributed by atoms with Crippen molar-refractivity contribution in [3.8, 4) is 11.9 Å². The molecule has 0 saturated carbocycles. The third-order valence-electron chi connectivity index (χ3n) is 2.93. The normalized spacial score (nSPS) is 16.3. The van der Waals surface area contributed by atoms with E-state index in [1.807, 2.05) is 0 Å². The van der Waals surface area contributed by atoms with Crippen LogP contribution in [-0.2, 0) is 9.59 Å². The molecule has 0 aromatic carbocycles. The SMILES string of the molecule is C=CCN1C(=O)C(=Cc2cnc(OC)nc2OC)C(=O)NC1=S. The Kier molecular flexibility index (Phi) is 5.02. The van der Waals surface area contributed by atoms with Crippen molar-refractivity contribution >= 4 is 35.2 Å². The summed E-state index contributed by atoms with van der Waals surface area (Å²) in [6.45, 7) is 3.74. The van der Waals surface area contributed by atoms with Gasteiger partial charge in [0, 0.05) is 12.7 Å². The van der Waals surface area contributed by atoms with Crippen molar-refractivity contribution in [2.75, 3.05) is 20.8 Å². The van der Waals surface area contributed by atoms with Gasteiger partial charge in [0.05, 0.1) is 19.8 Å². The maximum Gasteiger partial charge on any atom is 0.319 e. The smallest absolute Gasteiger partial charge is 0.319 e. The third-order valence-corrected chi connectivity index (χ3v) is 3.25. The molecule has 120 valence electrons.